The Hall–Kier alpha value is -0.0900. The molecule has 1 aromatic heterocycles. The first kappa shape index (κ1) is 9.46. The van der Waals surface area contributed by atoms with E-state index in [0.29, 0.717) is 5.56 Å². The Kier molecular flexibility index (Phi) is 2.36. The molecule has 0 bridgehead atoms. The van der Waals surface area contributed by atoms with Crippen molar-refractivity contribution >= 4 is 56.6 Å². The lowest BCUT2D eigenvalue weighted by molar-refractivity contribution is 1.19. The summed E-state index contributed by atoms with van der Waals surface area (Å²) in [6, 6.07) is 5.38. The van der Waals surface area contributed by atoms with Crippen LogP contribution in [0.4, 0.5) is 0 Å². The Labute approximate surface area is 93.6 Å². The van der Waals surface area contributed by atoms with E-state index >= 15 is 0 Å². The third kappa shape index (κ3) is 1.74. The number of fused-ring (bicyclic) bond motifs is 1. The van der Waals surface area contributed by atoms with Gasteiger partial charge in [0.2, 0.25) is 3.79 Å². The van der Waals surface area contributed by atoms with Crippen molar-refractivity contribution in [3.8, 4) is 0 Å². The first-order valence-corrected chi connectivity index (χ1v) is 5.28. The van der Waals surface area contributed by atoms with Gasteiger partial charge in [0.15, 0.2) is 0 Å². The van der Waals surface area contributed by atoms with Crippen LogP contribution in [-0.2, 0) is 3.79 Å². The molecule has 0 radical (unpaired) electrons. The fraction of sp³-hybridized carbons (Fsp3) is 0.143. The van der Waals surface area contributed by atoms with Crippen molar-refractivity contribution in [1.29, 1.82) is 0 Å². The molecule has 2 nitrogen and oxygen atoms in total. The Morgan fingerprint density at radius 2 is 2.00 bits per heavy atom. The maximum Gasteiger partial charge on any atom is 0.217 e. The standard InChI is InChI=1S/C7H3Cl3N2S/c8-7(9,10)4-2-1-3-5-6(4)13-12-11-5/h1-3H. The van der Waals surface area contributed by atoms with Gasteiger partial charge in [-0.05, 0) is 17.6 Å². The predicted octanol–water partition coefficient (Wildman–Crippen LogP) is 3.52. The lowest BCUT2D eigenvalue weighted by Gasteiger charge is -2.10. The second-order valence-electron chi connectivity index (χ2n) is 2.42. The molecule has 2 aromatic rings. The number of aromatic nitrogens is 2. The van der Waals surface area contributed by atoms with Crippen molar-refractivity contribution in [3.05, 3.63) is 23.8 Å². The van der Waals surface area contributed by atoms with Crippen LogP contribution in [0.25, 0.3) is 10.2 Å². The van der Waals surface area contributed by atoms with Crippen molar-refractivity contribution in [2.24, 2.45) is 0 Å². The monoisotopic (exact) mass is 252 g/mol. The first-order chi connectivity index (χ1) is 6.09. The molecule has 0 aliphatic rings. The molecule has 0 saturated carbocycles. The molecule has 0 fully saturated rings. The van der Waals surface area contributed by atoms with Crippen LogP contribution in [0.15, 0.2) is 18.2 Å². The van der Waals surface area contributed by atoms with Crippen molar-refractivity contribution in [2.75, 3.05) is 0 Å². The van der Waals surface area contributed by atoms with E-state index in [0.717, 1.165) is 10.2 Å². The van der Waals surface area contributed by atoms with Gasteiger partial charge in [-0.1, -0.05) is 51.4 Å². The van der Waals surface area contributed by atoms with Crippen molar-refractivity contribution in [1.82, 2.24) is 9.59 Å². The lowest BCUT2D eigenvalue weighted by atomic mass is 10.2. The molecule has 0 aliphatic carbocycles. The summed E-state index contributed by atoms with van der Waals surface area (Å²) in [7, 11) is 0. The third-order valence-electron chi connectivity index (χ3n) is 1.58. The van der Waals surface area contributed by atoms with Gasteiger partial charge in [0.05, 0.1) is 4.70 Å². The molecule has 0 N–H and O–H groups in total. The molecule has 13 heavy (non-hydrogen) atoms. The van der Waals surface area contributed by atoms with Crippen LogP contribution in [0.3, 0.4) is 0 Å². The summed E-state index contributed by atoms with van der Waals surface area (Å²) in [5, 5.41) is 3.89. The number of halogens is 3. The Bertz CT molecular complexity index is 434. The number of alkyl halides is 3. The Morgan fingerprint density at radius 1 is 1.23 bits per heavy atom. The van der Waals surface area contributed by atoms with Crippen molar-refractivity contribution in [3.63, 3.8) is 0 Å². The highest BCUT2D eigenvalue weighted by Crippen LogP contribution is 2.42. The van der Waals surface area contributed by atoms with Gasteiger partial charge in [0, 0.05) is 5.56 Å². The zero-order valence-corrected chi connectivity index (χ0v) is 9.25. The SMILES string of the molecule is ClC(Cl)(Cl)c1cccc2nnsc12. The third-order valence-corrected chi connectivity index (χ3v) is 2.97. The fourth-order valence-corrected chi connectivity index (χ4v) is 2.40. The van der Waals surface area contributed by atoms with E-state index in [9.17, 15) is 0 Å². The van der Waals surface area contributed by atoms with Crippen molar-refractivity contribution < 1.29 is 0 Å². The molecular weight excluding hydrogens is 251 g/mol. The summed E-state index contributed by atoms with van der Waals surface area (Å²) in [5.41, 5.74) is 1.39. The second-order valence-corrected chi connectivity index (χ2v) is 5.46. The number of benzene rings is 1. The normalized spacial score (nSPS) is 12.2. The van der Waals surface area contributed by atoms with E-state index in [1.165, 1.54) is 11.5 Å². The highest BCUT2D eigenvalue weighted by Gasteiger charge is 2.26. The molecule has 1 aromatic carbocycles. The highest BCUT2D eigenvalue weighted by molar-refractivity contribution is 7.13. The topological polar surface area (TPSA) is 25.8 Å². The van der Waals surface area contributed by atoms with E-state index in [1.807, 2.05) is 6.07 Å². The summed E-state index contributed by atoms with van der Waals surface area (Å²) in [4.78, 5) is 0. The van der Waals surface area contributed by atoms with E-state index in [1.54, 1.807) is 12.1 Å². The number of rotatable bonds is 0. The van der Waals surface area contributed by atoms with Gasteiger partial charge in [-0.15, -0.1) is 5.10 Å². The van der Waals surface area contributed by atoms with Gasteiger partial charge in [0.1, 0.15) is 5.52 Å². The molecule has 2 rings (SSSR count). The molecule has 0 atom stereocenters. The number of hydrogen-bond acceptors (Lipinski definition) is 3. The van der Waals surface area contributed by atoms with Crippen LogP contribution >= 0.6 is 46.3 Å². The summed E-state index contributed by atoms with van der Waals surface area (Å²) in [5.74, 6) is 0. The molecular formula is C7H3Cl3N2S. The average molecular weight is 254 g/mol. The maximum atomic E-state index is 5.78. The van der Waals surface area contributed by atoms with Crippen LogP contribution < -0.4 is 0 Å². The first-order valence-electron chi connectivity index (χ1n) is 3.37. The smallest absolute Gasteiger partial charge is 0.138 e. The maximum absolute atomic E-state index is 5.78. The van der Waals surface area contributed by atoms with Gasteiger partial charge in [-0.2, -0.15) is 0 Å². The molecule has 6 heteroatoms. The van der Waals surface area contributed by atoms with Gasteiger partial charge >= 0.3 is 0 Å². The summed E-state index contributed by atoms with van der Waals surface area (Å²) >= 11 is 18.6. The minimum Gasteiger partial charge on any atom is -0.138 e. The van der Waals surface area contributed by atoms with Crippen LogP contribution in [0.2, 0.25) is 0 Å². The van der Waals surface area contributed by atoms with Gasteiger partial charge in [-0.3, -0.25) is 0 Å². The fourth-order valence-electron chi connectivity index (χ4n) is 1.03. The van der Waals surface area contributed by atoms with Crippen LogP contribution in [0.5, 0.6) is 0 Å². The average Bonchev–Trinajstić information content (AvgIpc) is 2.48. The van der Waals surface area contributed by atoms with Gasteiger partial charge in [-0.25, -0.2) is 0 Å². The van der Waals surface area contributed by atoms with E-state index < -0.39 is 3.79 Å². The highest BCUT2D eigenvalue weighted by atomic mass is 35.6. The number of hydrogen-bond donors (Lipinski definition) is 0. The van der Waals surface area contributed by atoms with Crippen LogP contribution in [0.1, 0.15) is 5.56 Å². The van der Waals surface area contributed by atoms with Crippen LogP contribution in [0, 0.1) is 0 Å². The zero-order valence-electron chi connectivity index (χ0n) is 6.17. The minimum atomic E-state index is -1.41. The summed E-state index contributed by atoms with van der Waals surface area (Å²) in [6.07, 6.45) is 0. The molecule has 0 aliphatic heterocycles. The predicted molar refractivity (Wildman–Crippen MR) is 56.7 cm³/mol. The molecule has 0 saturated heterocycles. The molecule has 0 unspecified atom stereocenters. The molecule has 0 spiro atoms. The van der Waals surface area contributed by atoms with Gasteiger partial charge < -0.3 is 0 Å². The molecule has 0 amide bonds. The lowest BCUT2D eigenvalue weighted by Crippen LogP contribution is -1.99. The van der Waals surface area contributed by atoms with Crippen molar-refractivity contribution in [2.45, 2.75) is 3.79 Å². The largest absolute Gasteiger partial charge is 0.217 e. The molecule has 68 valence electrons. The zero-order chi connectivity index (χ0) is 9.47. The second kappa shape index (κ2) is 3.24. The van der Waals surface area contributed by atoms with Gasteiger partial charge in [0.25, 0.3) is 0 Å². The van der Waals surface area contributed by atoms with Crippen LogP contribution in [-0.4, -0.2) is 9.59 Å². The quantitative estimate of drug-likeness (QED) is 0.671. The van der Waals surface area contributed by atoms with E-state index in [4.69, 9.17) is 34.8 Å². The molecule has 1 heterocycles. The van der Waals surface area contributed by atoms with E-state index in [2.05, 4.69) is 9.59 Å². The Balaban J connectivity index is 2.75. The number of nitrogens with zero attached hydrogens (tertiary/aromatic N) is 2. The Morgan fingerprint density at radius 3 is 2.69 bits per heavy atom. The summed E-state index contributed by atoms with van der Waals surface area (Å²) in [6.45, 7) is 0. The summed E-state index contributed by atoms with van der Waals surface area (Å²) < 4.78 is 3.20. The van der Waals surface area contributed by atoms with E-state index in [-0.39, 0.29) is 0 Å². The minimum absolute atomic E-state index is 0.630.